The summed E-state index contributed by atoms with van der Waals surface area (Å²) in [6.45, 7) is 0.642. The number of fused-ring (bicyclic) bond motifs is 1. The number of phenolic OH excluding ortho intramolecular Hbond substituents is 1. The molecule has 0 bridgehead atoms. The minimum absolute atomic E-state index is 0.258. The Balaban J connectivity index is 1.54. The van der Waals surface area contributed by atoms with Crippen LogP contribution in [0.15, 0.2) is 47.1 Å². The molecule has 0 saturated carbocycles. The fourth-order valence-electron chi connectivity index (χ4n) is 2.52. The highest BCUT2D eigenvalue weighted by Crippen LogP contribution is 2.18. The highest BCUT2D eigenvalue weighted by atomic mass is 16.3. The monoisotopic (exact) mass is 351 g/mol. The van der Waals surface area contributed by atoms with E-state index in [2.05, 4.69) is 30.7 Å². The lowest BCUT2D eigenvalue weighted by Gasteiger charge is -2.07. The lowest BCUT2D eigenvalue weighted by molar-refractivity contribution is 0.475. The maximum absolute atomic E-state index is 9.32. The molecule has 0 aliphatic rings. The van der Waals surface area contributed by atoms with E-state index in [0.717, 1.165) is 12.0 Å². The fraction of sp³-hybridized carbons (Fsp3) is 0.176. The molecule has 0 atom stereocenters. The van der Waals surface area contributed by atoms with Gasteiger partial charge in [-0.25, -0.2) is 0 Å². The molecule has 0 unspecified atom stereocenters. The number of furan rings is 1. The van der Waals surface area contributed by atoms with Crippen LogP contribution in [-0.4, -0.2) is 43.3 Å². The van der Waals surface area contributed by atoms with Crippen LogP contribution >= 0.6 is 0 Å². The molecule has 3 heterocycles. The van der Waals surface area contributed by atoms with E-state index in [9.17, 15) is 5.11 Å². The first-order chi connectivity index (χ1) is 12.7. The second kappa shape index (κ2) is 6.71. The Bertz CT molecular complexity index is 1010. The molecular formula is C17H17N7O2. The number of hydrogen-bond donors (Lipinski definition) is 3. The third-order valence-electron chi connectivity index (χ3n) is 3.81. The van der Waals surface area contributed by atoms with Crippen LogP contribution < -0.4 is 10.6 Å². The summed E-state index contributed by atoms with van der Waals surface area (Å²) in [6, 6.07) is 10.7. The van der Waals surface area contributed by atoms with E-state index < -0.39 is 0 Å². The highest BCUT2D eigenvalue weighted by Gasteiger charge is 2.14. The summed E-state index contributed by atoms with van der Waals surface area (Å²) >= 11 is 0. The topological polar surface area (TPSA) is 113 Å². The van der Waals surface area contributed by atoms with Gasteiger partial charge in [-0.15, -0.1) is 5.10 Å². The zero-order chi connectivity index (χ0) is 17.9. The van der Waals surface area contributed by atoms with Gasteiger partial charge >= 0.3 is 0 Å². The van der Waals surface area contributed by atoms with Crippen molar-refractivity contribution in [3.63, 3.8) is 0 Å². The smallest absolute Gasteiger partial charge is 0.259 e. The Morgan fingerprint density at radius 2 is 1.96 bits per heavy atom. The van der Waals surface area contributed by atoms with Crippen molar-refractivity contribution in [2.45, 2.75) is 6.42 Å². The predicted octanol–water partition coefficient (Wildman–Crippen LogP) is 2.18. The summed E-state index contributed by atoms with van der Waals surface area (Å²) in [5, 5.41) is 19.9. The molecule has 132 valence electrons. The lowest BCUT2D eigenvalue weighted by Crippen LogP contribution is -2.12. The molecule has 0 saturated heterocycles. The van der Waals surface area contributed by atoms with E-state index in [4.69, 9.17) is 4.42 Å². The van der Waals surface area contributed by atoms with Crippen LogP contribution in [0.5, 0.6) is 5.75 Å². The van der Waals surface area contributed by atoms with E-state index in [1.54, 1.807) is 37.6 Å². The summed E-state index contributed by atoms with van der Waals surface area (Å²) in [4.78, 5) is 13.2. The molecular weight excluding hydrogens is 334 g/mol. The van der Waals surface area contributed by atoms with E-state index in [0.29, 0.717) is 35.8 Å². The van der Waals surface area contributed by atoms with Crippen molar-refractivity contribution in [2.75, 3.05) is 24.2 Å². The van der Waals surface area contributed by atoms with Crippen LogP contribution in [0.1, 0.15) is 5.56 Å². The molecule has 0 aliphatic carbocycles. The van der Waals surface area contributed by atoms with Gasteiger partial charge in [-0.2, -0.15) is 19.5 Å². The van der Waals surface area contributed by atoms with Crippen molar-refractivity contribution in [1.29, 1.82) is 0 Å². The maximum atomic E-state index is 9.32. The van der Waals surface area contributed by atoms with Crippen molar-refractivity contribution in [3.05, 3.63) is 48.2 Å². The van der Waals surface area contributed by atoms with Crippen molar-refractivity contribution >= 4 is 17.7 Å². The van der Waals surface area contributed by atoms with E-state index in [1.807, 2.05) is 12.1 Å². The molecule has 9 nitrogen and oxygen atoms in total. The summed E-state index contributed by atoms with van der Waals surface area (Å²) in [5.41, 5.74) is 1.10. The molecule has 26 heavy (non-hydrogen) atoms. The molecule has 3 aromatic heterocycles. The van der Waals surface area contributed by atoms with Crippen LogP contribution in [0.4, 0.5) is 11.9 Å². The third-order valence-corrected chi connectivity index (χ3v) is 3.81. The molecule has 9 heteroatoms. The largest absolute Gasteiger partial charge is 0.508 e. The number of aromatic nitrogens is 5. The van der Waals surface area contributed by atoms with Crippen LogP contribution in [0.2, 0.25) is 0 Å². The molecule has 1 aromatic carbocycles. The standard InChI is InChI=1S/C17H17N7O2/c1-18-16-21-15(19-9-8-11-4-6-12(25)7-5-11)22-17-20-14(23-24(16)17)13-3-2-10-26-13/h2-7,10,25H,8-9H2,1H3,(H2,18,19,20,21,22,23). The average molecular weight is 351 g/mol. The summed E-state index contributed by atoms with van der Waals surface area (Å²) in [5.74, 6) is 2.67. The molecule has 0 aliphatic heterocycles. The molecule has 0 spiro atoms. The van der Waals surface area contributed by atoms with Gasteiger partial charge in [0.15, 0.2) is 5.76 Å². The minimum Gasteiger partial charge on any atom is -0.508 e. The summed E-state index contributed by atoms with van der Waals surface area (Å²) < 4.78 is 6.87. The number of nitrogens with zero attached hydrogens (tertiary/aromatic N) is 5. The summed E-state index contributed by atoms with van der Waals surface area (Å²) in [6.07, 6.45) is 2.34. The fourth-order valence-corrected chi connectivity index (χ4v) is 2.52. The third kappa shape index (κ3) is 3.14. The Labute approximate surface area is 148 Å². The van der Waals surface area contributed by atoms with Gasteiger partial charge in [-0.1, -0.05) is 12.1 Å². The number of anilines is 2. The van der Waals surface area contributed by atoms with Gasteiger partial charge < -0.3 is 20.2 Å². The van der Waals surface area contributed by atoms with Crippen molar-refractivity contribution in [2.24, 2.45) is 0 Å². The Morgan fingerprint density at radius 3 is 2.69 bits per heavy atom. The molecule has 3 N–H and O–H groups in total. The molecule has 0 amide bonds. The Hall–Kier alpha value is -3.62. The van der Waals surface area contributed by atoms with Gasteiger partial charge in [0.1, 0.15) is 5.75 Å². The highest BCUT2D eigenvalue weighted by molar-refractivity contribution is 5.53. The van der Waals surface area contributed by atoms with E-state index in [-0.39, 0.29) is 5.75 Å². The molecule has 4 aromatic rings. The molecule has 0 fully saturated rings. The second-order valence-electron chi connectivity index (χ2n) is 5.59. The number of hydrogen-bond acceptors (Lipinski definition) is 8. The Morgan fingerprint density at radius 1 is 1.12 bits per heavy atom. The van der Waals surface area contributed by atoms with Gasteiger partial charge in [0.05, 0.1) is 6.26 Å². The van der Waals surface area contributed by atoms with E-state index >= 15 is 0 Å². The van der Waals surface area contributed by atoms with Crippen LogP contribution in [-0.2, 0) is 6.42 Å². The normalized spacial score (nSPS) is 11.0. The second-order valence-corrected chi connectivity index (χ2v) is 5.59. The first-order valence-electron chi connectivity index (χ1n) is 8.11. The van der Waals surface area contributed by atoms with Gasteiger partial charge in [0.2, 0.25) is 17.7 Å². The number of aromatic hydroxyl groups is 1. The molecule has 4 rings (SSSR count). The summed E-state index contributed by atoms with van der Waals surface area (Å²) in [7, 11) is 1.76. The van der Waals surface area contributed by atoms with Gasteiger partial charge in [0.25, 0.3) is 5.78 Å². The number of phenols is 1. The number of benzene rings is 1. The van der Waals surface area contributed by atoms with E-state index in [1.165, 1.54) is 4.52 Å². The van der Waals surface area contributed by atoms with Gasteiger partial charge in [-0.05, 0) is 36.2 Å². The Kier molecular flexibility index (Phi) is 4.10. The first-order valence-corrected chi connectivity index (χ1v) is 8.11. The predicted molar refractivity (Wildman–Crippen MR) is 96.1 cm³/mol. The SMILES string of the molecule is CNc1nc(NCCc2ccc(O)cc2)nc2nc(-c3ccco3)nn12. The average Bonchev–Trinajstić information content (AvgIpc) is 3.32. The van der Waals surface area contributed by atoms with Gasteiger partial charge in [-0.3, -0.25) is 0 Å². The zero-order valence-corrected chi connectivity index (χ0v) is 14.0. The van der Waals surface area contributed by atoms with Crippen molar-refractivity contribution < 1.29 is 9.52 Å². The van der Waals surface area contributed by atoms with Crippen LogP contribution in [0.3, 0.4) is 0 Å². The molecule has 0 radical (unpaired) electrons. The van der Waals surface area contributed by atoms with Crippen LogP contribution in [0, 0.1) is 0 Å². The first kappa shape index (κ1) is 15.9. The lowest BCUT2D eigenvalue weighted by atomic mass is 10.1. The zero-order valence-electron chi connectivity index (χ0n) is 14.0. The van der Waals surface area contributed by atoms with Crippen molar-refractivity contribution in [3.8, 4) is 17.3 Å². The van der Waals surface area contributed by atoms with Crippen molar-refractivity contribution in [1.82, 2.24) is 24.6 Å². The minimum atomic E-state index is 0.258. The number of nitrogens with one attached hydrogen (secondary N) is 2. The maximum Gasteiger partial charge on any atom is 0.259 e. The van der Waals surface area contributed by atoms with Crippen LogP contribution in [0.25, 0.3) is 17.4 Å². The number of rotatable bonds is 6. The van der Waals surface area contributed by atoms with Gasteiger partial charge in [0, 0.05) is 13.6 Å². The quantitative estimate of drug-likeness (QED) is 0.484.